The van der Waals surface area contributed by atoms with Crippen LogP contribution in [0, 0.1) is 17.0 Å². The number of carbonyl (C=O) groups is 1. The maximum Gasteiger partial charge on any atom is 0.293 e. The van der Waals surface area contributed by atoms with E-state index in [1.54, 1.807) is 31.5 Å². The third kappa shape index (κ3) is 4.95. The number of ether oxygens (including phenoxy) is 2. The van der Waals surface area contributed by atoms with Crippen molar-refractivity contribution in [1.82, 2.24) is 9.97 Å². The van der Waals surface area contributed by atoms with Crippen LogP contribution in [0.15, 0.2) is 54.7 Å². The number of pyridine rings is 1. The molecular formula is C26H25N5O5S. The largest absolute Gasteiger partial charge is 0.494 e. The number of carbonyl (C=O) groups excluding carboxylic acids is 1. The number of nitro benzene ring substituents is 1. The average Bonchev–Trinajstić information content (AvgIpc) is 3.38. The molecule has 1 aliphatic heterocycles. The van der Waals surface area contributed by atoms with Crippen LogP contribution in [0.1, 0.15) is 21.6 Å². The first-order valence-electron chi connectivity index (χ1n) is 11.7. The van der Waals surface area contributed by atoms with Crippen LogP contribution < -0.4 is 14.5 Å². The molecule has 1 fully saturated rings. The van der Waals surface area contributed by atoms with E-state index in [0.717, 1.165) is 10.3 Å². The summed E-state index contributed by atoms with van der Waals surface area (Å²) in [5, 5.41) is 12.4. The summed E-state index contributed by atoms with van der Waals surface area (Å²) in [6.45, 7) is 4.22. The molecule has 1 aliphatic rings. The number of nitrogens with zero attached hydrogens (tertiary/aromatic N) is 5. The normalized spacial score (nSPS) is 13.5. The molecule has 0 atom stereocenters. The van der Waals surface area contributed by atoms with Gasteiger partial charge in [-0.1, -0.05) is 23.5 Å². The molecule has 5 rings (SSSR count). The number of fused-ring (bicyclic) bond motifs is 1. The zero-order valence-corrected chi connectivity index (χ0v) is 21.2. The second-order valence-corrected chi connectivity index (χ2v) is 9.51. The molecule has 37 heavy (non-hydrogen) atoms. The van der Waals surface area contributed by atoms with Crippen molar-refractivity contribution in [3.63, 3.8) is 0 Å². The van der Waals surface area contributed by atoms with Crippen molar-refractivity contribution in [1.29, 1.82) is 0 Å². The molecule has 0 aliphatic carbocycles. The first-order valence-corrected chi connectivity index (χ1v) is 12.5. The number of anilines is 2. The Morgan fingerprint density at radius 1 is 1.22 bits per heavy atom. The molecule has 3 heterocycles. The van der Waals surface area contributed by atoms with Crippen molar-refractivity contribution in [2.75, 3.05) is 43.2 Å². The molecule has 0 bridgehead atoms. The van der Waals surface area contributed by atoms with E-state index in [4.69, 9.17) is 14.5 Å². The van der Waals surface area contributed by atoms with Gasteiger partial charge in [0, 0.05) is 30.9 Å². The van der Waals surface area contributed by atoms with Crippen LogP contribution in [-0.4, -0.2) is 54.2 Å². The summed E-state index contributed by atoms with van der Waals surface area (Å²) in [4.78, 5) is 38.0. The van der Waals surface area contributed by atoms with Gasteiger partial charge in [-0.05, 0) is 42.8 Å². The first kappa shape index (κ1) is 24.6. The van der Waals surface area contributed by atoms with Gasteiger partial charge in [-0.15, -0.1) is 0 Å². The molecule has 4 aromatic rings. The Bertz CT molecular complexity index is 1450. The van der Waals surface area contributed by atoms with Gasteiger partial charge < -0.3 is 14.4 Å². The Kier molecular flexibility index (Phi) is 6.97. The molecule has 0 N–H and O–H groups in total. The molecule has 10 nitrogen and oxygen atoms in total. The van der Waals surface area contributed by atoms with E-state index in [9.17, 15) is 14.9 Å². The second kappa shape index (κ2) is 10.5. The third-order valence-electron chi connectivity index (χ3n) is 6.21. The van der Waals surface area contributed by atoms with Crippen molar-refractivity contribution in [2.45, 2.75) is 13.5 Å². The van der Waals surface area contributed by atoms with Crippen LogP contribution in [0.4, 0.5) is 16.5 Å². The molecule has 0 unspecified atom stereocenters. The van der Waals surface area contributed by atoms with Crippen LogP contribution >= 0.6 is 11.3 Å². The van der Waals surface area contributed by atoms with Gasteiger partial charge in [-0.3, -0.25) is 24.8 Å². The summed E-state index contributed by atoms with van der Waals surface area (Å²) < 4.78 is 11.8. The van der Waals surface area contributed by atoms with Crippen LogP contribution in [0.3, 0.4) is 0 Å². The number of hydrogen-bond acceptors (Lipinski definition) is 9. The number of nitro groups is 1. The van der Waals surface area contributed by atoms with E-state index in [2.05, 4.69) is 4.98 Å². The SMILES string of the molecule is COc1ccc(C)c2sc(N(Cc3ccccn3)C(=O)c3ccc(N4CCOCC4)c([N+](=O)[O-])c3)nc12. The Balaban J connectivity index is 1.58. The van der Waals surface area contributed by atoms with Gasteiger partial charge in [0.25, 0.3) is 11.6 Å². The standard InChI is InChI=1S/C26H25N5O5S/c1-17-6-9-22(35-2)23-24(17)37-26(28-23)30(16-19-5-3-4-10-27-19)25(32)18-7-8-20(21(15-18)31(33)34)29-11-13-36-14-12-29/h3-10,15H,11-14,16H2,1-2H3. The molecule has 0 radical (unpaired) electrons. The molecular weight excluding hydrogens is 494 g/mol. The first-order chi connectivity index (χ1) is 18.0. The van der Waals surface area contributed by atoms with E-state index in [1.807, 2.05) is 36.1 Å². The summed E-state index contributed by atoms with van der Waals surface area (Å²) in [6.07, 6.45) is 1.66. The minimum Gasteiger partial charge on any atom is -0.494 e. The highest BCUT2D eigenvalue weighted by atomic mass is 32.1. The summed E-state index contributed by atoms with van der Waals surface area (Å²) >= 11 is 1.37. The Labute approximate surface area is 217 Å². The highest BCUT2D eigenvalue weighted by Gasteiger charge is 2.28. The highest BCUT2D eigenvalue weighted by Crippen LogP contribution is 2.38. The third-order valence-corrected chi connectivity index (χ3v) is 7.42. The predicted molar refractivity (Wildman–Crippen MR) is 142 cm³/mol. The fraction of sp³-hybridized carbons (Fsp3) is 0.269. The molecule has 11 heteroatoms. The quantitative estimate of drug-likeness (QED) is 0.257. The smallest absolute Gasteiger partial charge is 0.293 e. The summed E-state index contributed by atoms with van der Waals surface area (Å²) in [7, 11) is 1.58. The Morgan fingerprint density at radius 2 is 2.03 bits per heavy atom. The fourth-order valence-corrected chi connectivity index (χ4v) is 5.34. The number of aryl methyl sites for hydroxylation is 1. The van der Waals surface area contributed by atoms with E-state index in [0.29, 0.717) is 54.1 Å². The number of morpholine rings is 1. The lowest BCUT2D eigenvalue weighted by Crippen LogP contribution is -2.36. The van der Waals surface area contributed by atoms with Gasteiger partial charge in [0.15, 0.2) is 5.13 Å². The van der Waals surface area contributed by atoms with Crippen LogP contribution in [0.25, 0.3) is 10.2 Å². The highest BCUT2D eigenvalue weighted by molar-refractivity contribution is 7.22. The van der Waals surface area contributed by atoms with E-state index >= 15 is 0 Å². The van der Waals surface area contributed by atoms with Crippen molar-refractivity contribution in [3.05, 3.63) is 81.7 Å². The van der Waals surface area contributed by atoms with Crippen molar-refractivity contribution in [2.24, 2.45) is 0 Å². The number of methoxy groups -OCH3 is 1. The number of thiazole rings is 1. The molecule has 1 saturated heterocycles. The maximum atomic E-state index is 13.9. The minimum absolute atomic E-state index is 0.118. The van der Waals surface area contributed by atoms with E-state index in [1.165, 1.54) is 22.3 Å². The Morgan fingerprint density at radius 3 is 2.73 bits per heavy atom. The predicted octanol–water partition coefficient (Wildman–Crippen LogP) is 4.60. The van der Waals surface area contributed by atoms with Gasteiger partial charge in [-0.25, -0.2) is 4.98 Å². The number of benzene rings is 2. The van der Waals surface area contributed by atoms with Crippen molar-refractivity contribution >= 4 is 44.0 Å². The molecule has 0 spiro atoms. The summed E-state index contributed by atoms with van der Waals surface area (Å²) in [6, 6.07) is 13.9. The fourth-order valence-electron chi connectivity index (χ4n) is 4.29. The number of hydrogen-bond donors (Lipinski definition) is 0. The molecule has 2 aromatic heterocycles. The lowest BCUT2D eigenvalue weighted by Gasteiger charge is -2.28. The Hall–Kier alpha value is -4.09. The van der Waals surface area contributed by atoms with Crippen LogP contribution in [-0.2, 0) is 11.3 Å². The average molecular weight is 520 g/mol. The number of aromatic nitrogens is 2. The zero-order valence-electron chi connectivity index (χ0n) is 20.4. The summed E-state index contributed by atoms with van der Waals surface area (Å²) in [5.74, 6) is 0.205. The van der Waals surface area contributed by atoms with Gasteiger partial charge in [0.05, 0.1) is 42.2 Å². The van der Waals surface area contributed by atoms with E-state index in [-0.39, 0.29) is 17.8 Å². The van der Waals surface area contributed by atoms with Gasteiger partial charge >= 0.3 is 0 Å². The van der Waals surface area contributed by atoms with Crippen LogP contribution in [0.2, 0.25) is 0 Å². The van der Waals surface area contributed by atoms with Crippen molar-refractivity contribution < 1.29 is 19.2 Å². The summed E-state index contributed by atoms with van der Waals surface area (Å²) in [5.41, 5.74) is 2.89. The van der Waals surface area contributed by atoms with Crippen LogP contribution in [0.5, 0.6) is 5.75 Å². The minimum atomic E-state index is -0.448. The zero-order chi connectivity index (χ0) is 25.9. The van der Waals surface area contributed by atoms with Gasteiger partial charge in [0.1, 0.15) is 17.0 Å². The molecule has 0 saturated carbocycles. The number of amides is 1. The lowest BCUT2D eigenvalue weighted by molar-refractivity contribution is -0.384. The maximum absolute atomic E-state index is 13.9. The van der Waals surface area contributed by atoms with Crippen molar-refractivity contribution in [3.8, 4) is 5.75 Å². The molecule has 190 valence electrons. The molecule has 1 amide bonds. The van der Waals surface area contributed by atoms with E-state index < -0.39 is 10.8 Å². The second-order valence-electron chi connectivity index (χ2n) is 8.53. The lowest BCUT2D eigenvalue weighted by atomic mass is 10.1. The molecule has 2 aromatic carbocycles. The topological polar surface area (TPSA) is 111 Å². The van der Waals surface area contributed by atoms with Gasteiger partial charge in [-0.2, -0.15) is 0 Å². The number of rotatable bonds is 7. The monoisotopic (exact) mass is 519 g/mol. The van der Waals surface area contributed by atoms with Gasteiger partial charge in [0.2, 0.25) is 0 Å².